The van der Waals surface area contributed by atoms with E-state index in [2.05, 4.69) is 4.74 Å². The molecule has 10 heteroatoms. The minimum atomic E-state index is -4.52. The van der Waals surface area contributed by atoms with Crippen LogP contribution in [0.3, 0.4) is 0 Å². The summed E-state index contributed by atoms with van der Waals surface area (Å²) in [4.78, 5) is 10.7. The molecule has 1 fully saturated rings. The largest absolute Gasteiger partial charge is 0.484 e. The van der Waals surface area contributed by atoms with Crippen LogP contribution in [-0.4, -0.2) is 37.5 Å². The number of carboxylic acids is 1. The van der Waals surface area contributed by atoms with Crippen LogP contribution in [0.25, 0.3) is 0 Å². The van der Waals surface area contributed by atoms with Gasteiger partial charge in [0.15, 0.2) is 16.4 Å². The average Bonchev–Trinajstić information content (AvgIpc) is 2.95. The SMILES string of the molecule is O=C(O)C1CCC(S(=O)(=O)c2ccc(OCC(F)(F)F)cc2Cl)C1. The van der Waals surface area contributed by atoms with E-state index in [9.17, 15) is 26.4 Å². The number of sulfone groups is 1. The average molecular weight is 387 g/mol. The molecule has 0 saturated heterocycles. The maximum Gasteiger partial charge on any atom is 0.422 e. The van der Waals surface area contributed by atoms with Gasteiger partial charge < -0.3 is 9.84 Å². The smallest absolute Gasteiger partial charge is 0.422 e. The number of hydrogen-bond acceptors (Lipinski definition) is 4. The van der Waals surface area contributed by atoms with Crippen LogP contribution in [0.4, 0.5) is 13.2 Å². The van der Waals surface area contributed by atoms with Gasteiger partial charge in [0.2, 0.25) is 0 Å². The molecule has 2 unspecified atom stereocenters. The number of benzene rings is 1. The lowest BCUT2D eigenvalue weighted by molar-refractivity contribution is -0.153. The van der Waals surface area contributed by atoms with Crippen LogP contribution in [0.15, 0.2) is 23.1 Å². The van der Waals surface area contributed by atoms with Crippen molar-refractivity contribution in [2.75, 3.05) is 6.61 Å². The van der Waals surface area contributed by atoms with Gasteiger partial charge in [0.05, 0.1) is 21.1 Å². The monoisotopic (exact) mass is 386 g/mol. The van der Waals surface area contributed by atoms with Gasteiger partial charge in [0.25, 0.3) is 0 Å². The zero-order valence-electron chi connectivity index (χ0n) is 12.2. The highest BCUT2D eigenvalue weighted by Crippen LogP contribution is 2.37. The fraction of sp³-hybridized carbons (Fsp3) is 0.500. The minimum absolute atomic E-state index is 0.0136. The fourth-order valence-corrected chi connectivity index (χ4v) is 4.97. The molecule has 1 aromatic carbocycles. The number of ether oxygens (including phenoxy) is 1. The van der Waals surface area contributed by atoms with Crippen LogP contribution < -0.4 is 4.74 Å². The second-order valence-corrected chi connectivity index (χ2v) is 8.12. The first-order valence-electron chi connectivity index (χ1n) is 6.96. The standard InChI is InChI=1S/C14H14ClF3O5S/c15-11-6-9(23-7-14(16,17)18)2-4-12(11)24(21,22)10-3-1-8(5-10)13(19)20/h2,4,6,8,10H,1,3,5,7H2,(H,19,20). The fourth-order valence-electron chi connectivity index (χ4n) is 2.59. The minimum Gasteiger partial charge on any atom is -0.484 e. The second kappa shape index (κ2) is 6.79. The molecule has 0 amide bonds. The van der Waals surface area contributed by atoms with Crippen molar-refractivity contribution >= 4 is 27.4 Å². The van der Waals surface area contributed by atoms with Crippen molar-refractivity contribution < 1.29 is 36.2 Å². The van der Waals surface area contributed by atoms with Crippen molar-refractivity contribution in [3.8, 4) is 5.75 Å². The molecule has 0 radical (unpaired) electrons. The number of halogens is 4. The van der Waals surface area contributed by atoms with Crippen LogP contribution in [0.2, 0.25) is 5.02 Å². The van der Waals surface area contributed by atoms with E-state index >= 15 is 0 Å². The molecule has 134 valence electrons. The Balaban J connectivity index is 2.18. The highest BCUT2D eigenvalue weighted by Gasteiger charge is 2.39. The molecule has 24 heavy (non-hydrogen) atoms. The Hall–Kier alpha value is -1.48. The molecular weight excluding hydrogens is 373 g/mol. The molecule has 1 saturated carbocycles. The molecule has 0 heterocycles. The first-order valence-corrected chi connectivity index (χ1v) is 8.89. The van der Waals surface area contributed by atoms with Crippen molar-refractivity contribution in [2.24, 2.45) is 5.92 Å². The molecule has 1 aliphatic rings. The lowest BCUT2D eigenvalue weighted by Crippen LogP contribution is -2.21. The molecule has 0 aliphatic heterocycles. The predicted molar refractivity (Wildman–Crippen MR) is 79.0 cm³/mol. The van der Waals surface area contributed by atoms with Crippen molar-refractivity contribution in [3.05, 3.63) is 23.2 Å². The topological polar surface area (TPSA) is 80.7 Å². The zero-order chi connectivity index (χ0) is 18.1. The molecular formula is C14H14ClF3O5S. The number of hydrogen-bond donors (Lipinski definition) is 1. The molecule has 2 atom stereocenters. The Labute approximate surface area is 141 Å². The number of carboxylic acid groups (broad SMARTS) is 1. The first kappa shape index (κ1) is 18.9. The Kier molecular flexibility index (Phi) is 5.34. The highest BCUT2D eigenvalue weighted by atomic mass is 35.5. The van der Waals surface area contributed by atoms with Crippen molar-refractivity contribution in [3.63, 3.8) is 0 Å². The van der Waals surface area contributed by atoms with Crippen LogP contribution in [-0.2, 0) is 14.6 Å². The van der Waals surface area contributed by atoms with Crippen LogP contribution in [0, 0.1) is 5.92 Å². The van der Waals surface area contributed by atoms with Crippen molar-refractivity contribution in [1.29, 1.82) is 0 Å². The molecule has 1 aromatic rings. The van der Waals surface area contributed by atoms with E-state index in [1.807, 2.05) is 0 Å². The summed E-state index contributed by atoms with van der Waals surface area (Å²) in [7, 11) is -3.87. The number of rotatable bonds is 5. The zero-order valence-corrected chi connectivity index (χ0v) is 13.8. The maximum absolute atomic E-state index is 12.6. The predicted octanol–water partition coefficient (Wildman–Crippen LogP) is 3.31. The van der Waals surface area contributed by atoms with Crippen LogP contribution in [0.1, 0.15) is 19.3 Å². The summed E-state index contributed by atoms with van der Waals surface area (Å²) in [5.41, 5.74) is 0. The molecule has 0 aromatic heterocycles. The molecule has 0 spiro atoms. The summed E-state index contributed by atoms with van der Waals surface area (Å²) in [5, 5.41) is 7.82. The van der Waals surface area contributed by atoms with Gasteiger partial charge in [-0.3, -0.25) is 4.79 Å². The van der Waals surface area contributed by atoms with Gasteiger partial charge in [-0.25, -0.2) is 8.42 Å². The summed E-state index contributed by atoms with van der Waals surface area (Å²) in [6.07, 6.45) is -4.08. The van der Waals surface area contributed by atoms with Gasteiger partial charge in [0.1, 0.15) is 5.75 Å². The third kappa shape index (κ3) is 4.32. The normalized spacial score (nSPS) is 21.7. The Morgan fingerprint density at radius 3 is 2.50 bits per heavy atom. The lowest BCUT2D eigenvalue weighted by Gasteiger charge is -2.14. The van der Waals surface area contributed by atoms with Crippen molar-refractivity contribution in [2.45, 2.75) is 35.6 Å². The van der Waals surface area contributed by atoms with Crippen molar-refractivity contribution in [1.82, 2.24) is 0 Å². The molecule has 2 rings (SSSR count). The third-order valence-corrected chi connectivity index (χ3v) is 6.48. The number of aliphatic carboxylic acids is 1. The van der Waals surface area contributed by atoms with E-state index in [0.717, 1.165) is 18.2 Å². The summed E-state index contributed by atoms with van der Waals surface area (Å²) < 4.78 is 66.0. The lowest BCUT2D eigenvalue weighted by atomic mass is 10.1. The molecule has 1 aliphatic carbocycles. The second-order valence-electron chi connectivity index (χ2n) is 5.51. The van der Waals surface area contributed by atoms with Crippen LogP contribution >= 0.6 is 11.6 Å². The van der Waals surface area contributed by atoms with Gasteiger partial charge in [-0.1, -0.05) is 11.6 Å². The van der Waals surface area contributed by atoms with Gasteiger partial charge >= 0.3 is 12.1 Å². The van der Waals surface area contributed by atoms with Gasteiger partial charge in [-0.2, -0.15) is 13.2 Å². The highest BCUT2D eigenvalue weighted by molar-refractivity contribution is 7.92. The van der Waals surface area contributed by atoms with Gasteiger partial charge in [0, 0.05) is 6.07 Å². The first-order chi connectivity index (χ1) is 11.0. The summed E-state index contributed by atoms with van der Waals surface area (Å²) in [6, 6.07) is 3.18. The maximum atomic E-state index is 12.6. The van der Waals surface area contributed by atoms with E-state index in [0.29, 0.717) is 0 Å². The Bertz CT molecular complexity index is 732. The summed E-state index contributed by atoms with van der Waals surface area (Å²) >= 11 is 5.88. The third-order valence-electron chi connectivity index (χ3n) is 3.78. The van der Waals surface area contributed by atoms with E-state index in [-0.39, 0.29) is 34.9 Å². The Morgan fingerprint density at radius 2 is 2.00 bits per heavy atom. The Morgan fingerprint density at radius 1 is 1.33 bits per heavy atom. The van der Waals surface area contributed by atoms with E-state index in [4.69, 9.17) is 16.7 Å². The van der Waals surface area contributed by atoms with Gasteiger partial charge in [-0.15, -0.1) is 0 Å². The quantitative estimate of drug-likeness (QED) is 0.839. The number of alkyl halides is 3. The molecule has 5 nitrogen and oxygen atoms in total. The van der Waals surface area contributed by atoms with E-state index in [1.54, 1.807) is 0 Å². The van der Waals surface area contributed by atoms with E-state index in [1.165, 1.54) is 0 Å². The van der Waals surface area contributed by atoms with E-state index < -0.39 is 39.8 Å². The van der Waals surface area contributed by atoms with Crippen LogP contribution in [0.5, 0.6) is 5.75 Å². The summed E-state index contributed by atoms with van der Waals surface area (Å²) in [6.45, 7) is -1.52. The number of carbonyl (C=O) groups is 1. The summed E-state index contributed by atoms with van der Waals surface area (Å²) in [5.74, 6) is -1.97. The van der Waals surface area contributed by atoms with Gasteiger partial charge in [-0.05, 0) is 31.4 Å². The molecule has 1 N–H and O–H groups in total. The molecule has 0 bridgehead atoms.